The summed E-state index contributed by atoms with van der Waals surface area (Å²) in [5.41, 5.74) is 2.32. The van der Waals surface area contributed by atoms with Crippen LogP contribution >= 0.6 is 0 Å². The number of benzene rings is 4. The molecular formula is C23H20O. The first-order chi connectivity index (χ1) is 11.5. The van der Waals surface area contributed by atoms with Crippen molar-refractivity contribution in [3.05, 3.63) is 84.4 Å². The minimum atomic E-state index is -0.879. The molecule has 0 aliphatic rings. The third-order valence-electron chi connectivity index (χ3n) is 4.62. The van der Waals surface area contributed by atoms with Gasteiger partial charge >= 0.3 is 0 Å². The lowest BCUT2D eigenvalue weighted by molar-refractivity contribution is 0.0792. The highest BCUT2D eigenvalue weighted by Gasteiger charge is 2.21. The average Bonchev–Trinajstić information content (AvgIpc) is 2.58. The molecule has 24 heavy (non-hydrogen) atoms. The molecule has 0 atom stereocenters. The minimum absolute atomic E-state index is 0.879. The van der Waals surface area contributed by atoms with Crippen LogP contribution in [0.1, 0.15) is 19.4 Å². The molecule has 0 unspecified atom stereocenters. The summed E-state index contributed by atoms with van der Waals surface area (Å²) in [6.45, 7) is 3.68. The molecule has 0 aliphatic carbocycles. The average molecular weight is 312 g/mol. The first-order valence-corrected chi connectivity index (χ1v) is 8.28. The third-order valence-corrected chi connectivity index (χ3v) is 4.62. The Bertz CT molecular complexity index is 1040. The number of hydrogen-bond acceptors (Lipinski definition) is 1. The normalized spacial score (nSPS) is 12.0. The first-order valence-electron chi connectivity index (χ1n) is 8.28. The lowest BCUT2D eigenvalue weighted by atomic mass is 9.87. The van der Waals surface area contributed by atoms with E-state index in [1.54, 1.807) is 0 Å². The van der Waals surface area contributed by atoms with Gasteiger partial charge in [0.05, 0.1) is 5.60 Å². The van der Waals surface area contributed by atoms with Crippen molar-refractivity contribution in [2.24, 2.45) is 0 Å². The summed E-state index contributed by atoms with van der Waals surface area (Å²) in [5, 5.41) is 15.5. The highest BCUT2D eigenvalue weighted by atomic mass is 16.3. The fourth-order valence-corrected chi connectivity index (χ4v) is 3.45. The van der Waals surface area contributed by atoms with Gasteiger partial charge in [-0.2, -0.15) is 0 Å². The zero-order valence-electron chi connectivity index (χ0n) is 14.0. The highest BCUT2D eigenvalue weighted by Crippen LogP contribution is 2.36. The van der Waals surface area contributed by atoms with E-state index in [2.05, 4.69) is 60.7 Å². The summed E-state index contributed by atoms with van der Waals surface area (Å²) >= 11 is 0. The van der Waals surface area contributed by atoms with E-state index in [0.29, 0.717) is 0 Å². The summed E-state index contributed by atoms with van der Waals surface area (Å²) in [4.78, 5) is 0. The van der Waals surface area contributed by atoms with Crippen molar-refractivity contribution in [3.8, 4) is 11.1 Å². The number of aliphatic hydroxyl groups is 1. The Labute approximate surface area is 142 Å². The fraction of sp³-hybridized carbons (Fsp3) is 0.130. The maximum absolute atomic E-state index is 10.6. The Morgan fingerprint density at radius 1 is 0.625 bits per heavy atom. The van der Waals surface area contributed by atoms with Crippen molar-refractivity contribution >= 4 is 21.5 Å². The van der Waals surface area contributed by atoms with Gasteiger partial charge in [0, 0.05) is 0 Å². The van der Waals surface area contributed by atoms with Crippen molar-refractivity contribution in [2.45, 2.75) is 19.4 Å². The van der Waals surface area contributed by atoms with E-state index in [9.17, 15) is 5.11 Å². The van der Waals surface area contributed by atoms with Crippen LogP contribution in [0.2, 0.25) is 0 Å². The van der Waals surface area contributed by atoms with Gasteiger partial charge in [-0.15, -0.1) is 0 Å². The Morgan fingerprint density at radius 2 is 1.21 bits per heavy atom. The van der Waals surface area contributed by atoms with Crippen LogP contribution in [0.25, 0.3) is 32.7 Å². The SMILES string of the molecule is CC(C)(O)c1ccccc1-c1cccc2cc3ccccc3cc12. The van der Waals surface area contributed by atoms with E-state index in [0.717, 1.165) is 16.7 Å². The second-order valence-corrected chi connectivity index (χ2v) is 6.83. The Morgan fingerprint density at radius 3 is 1.96 bits per heavy atom. The van der Waals surface area contributed by atoms with Crippen LogP contribution in [-0.4, -0.2) is 5.11 Å². The Hall–Kier alpha value is -2.64. The lowest BCUT2D eigenvalue weighted by Crippen LogP contribution is -2.16. The van der Waals surface area contributed by atoms with Crippen molar-refractivity contribution < 1.29 is 5.11 Å². The van der Waals surface area contributed by atoms with Gasteiger partial charge < -0.3 is 5.11 Å². The lowest BCUT2D eigenvalue weighted by Gasteiger charge is -2.22. The smallest absolute Gasteiger partial charge is 0.0846 e. The number of fused-ring (bicyclic) bond motifs is 2. The molecule has 0 spiro atoms. The third kappa shape index (κ3) is 2.47. The van der Waals surface area contributed by atoms with E-state index in [-0.39, 0.29) is 0 Å². The van der Waals surface area contributed by atoms with Crippen LogP contribution in [0.15, 0.2) is 78.9 Å². The van der Waals surface area contributed by atoms with Crippen LogP contribution in [0.5, 0.6) is 0 Å². The van der Waals surface area contributed by atoms with Gasteiger partial charge in [-0.3, -0.25) is 0 Å². The summed E-state index contributed by atoms with van der Waals surface area (Å²) in [7, 11) is 0. The van der Waals surface area contributed by atoms with Crippen LogP contribution in [0.3, 0.4) is 0 Å². The van der Waals surface area contributed by atoms with E-state index >= 15 is 0 Å². The molecule has 0 heterocycles. The van der Waals surface area contributed by atoms with E-state index in [1.807, 2.05) is 32.0 Å². The largest absolute Gasteiger partial charge is 0.386 e. The molecule has 0 aliphatic heterocycles. The molecule has 0 saturated carbocycles. The molecule has 4 aromatic rings. The van der Waals surface area contributed by atoms with Gasteiger partial charge in [-0.25, -0.2) is 0 Å². The molecule has 4 aromatic carbocycles. The van der Waals surface area contributed by atoms with Crippen LogP contribution < -0.4 is 0 Å². The van der Waals surface area contributed by atoms with Gasteiger partial charge in [0.15, 0.2) is 0 Å². The predicted molar refractivity (Wildman–Crippen MR) is 102 cm³/mol. The molecule has 0 radical (unpaired) electrons. The Balaban J connectivity index is 2.07. The Kier molecular flexibility index (Phi) is 3.40. The molecule has 0 aromatic heterocycles. The summed E-state index contributed by atoms with van der Waals surface area (Å²) in [6.07, 6.45) is 0. The van der Waals surface area contributed by atoms with Crippen molar-refractivity contribution in [3.63, 3.8) is 0 Å². The van der Waals surface area contributed by atoms with Gasteiger partial charge in [0.1, 0.15) is 0 Å². The van der Waals surface area contributed by atoms with Gasteiger partial charge in [-0.05, 0) is 64.2 Å². The highest BCUT2D eigenvalue weighted by molar-refractivity contribution is 6.05. The summed E-state index contributed by atoms with van der Waals surface area (Å²) in [6, 6.07) is 27.4. The monoisotopic (exact) mass is 312 g/mol. The molecule has 1 nitrogen and oxygen atoms in total. The molecule has 0 fully saturated rings. The number of hydrogen-bond donors (Lipinski definition) is 1. The van der Waals surface area contributed by atoms with Gasteiger partial charge in [-0.1, -0.05) is 66.7 Å². The van der Waals surface area contributed by atoms with Crippen LogP contribution in [-0.2, 0) is 5.60 Å². The summed E-state index contributed by atoms with van der Waals surface area (Å²) in [5.74, 6) is 0. The van der Waals surface area contributed by atoms with Crippen molar-refractivity contribution in [1.82, 2.24) is 0 Å². The molecule has 0 amide bonds. The maximum atomic E-state index is 10.6. The molecule has 0 saturated heterocycles. The second-order valence-electron chi connectivity index (χ2n) is 6.83. The second kappa shape index (κ2) is 5.47. The zero-order chi connectivity index (χ0) is 16.7. The van der Waals surface area contributed by atoms with Gasteiger partial charge in [0.25, 0.3) is 0 Å². The van der Waals surface area contributed by atoms with Crippen LogP contribution in [0.4, 0.5) is 0 Å². The predicted octanol–water partition coefficient (Wildman–Crippen LogP) is 5.89. The molecule has 1 heteroatoms. The molecular weight excluding hydrogens is 292 g/mol. The zero-order valence-corrected chi connectivity index (χ0v) is 14.0. The van der Waals surface area contributed by atoms with E-state index in [1.165, 1.54) is 21.5 Å². The molecule has 0 bridgehead atoms. The van der Waals surface area contributed by atoms with E-state index in [4.69, 9.17) is 0 Å². The standard InChI is InChI=1S/C23H20O/c1-23(2,24)22-13-6-5-11-20(22)19-12-7-10-18-14-16-8-3-4-9-17(16)15-21(18)19/h3-15,24H,1-2H3. The van der Waals surface area contributed by atoms with E-state index < -0.39 is 5.60 Å². The molecule has 1 N–H and O–H groups in total. The fourth-order valence-electron chi connectivity index (χ4n) is 3.45. The maximum Gasteiger partial charge on any atom is 0.0846 e. The quantitative estimate of drug-likeness (QED) is 0.458. The van der Waals surface area contributed by atoms with Crippen molar-refractivity contribution in [1.29, 1.82) is 0 Å². The first kappa shape index (κ1) is 14.9. The van der Waals surface area contributed by atoms with Crippen LogP contribution in [0, 0.1) is 0 Å². The van der Waals surface area contributed by atoms with Gasteiger partial charge in [0.2, 0.25) is 0 Å². The van der Waals surface area contributed by atoms with Crippen molar-refractivity contribution in [2.75, 3.05) is 0 Å². The molecule has 118 valence electrons. The summed E-state index contributed by atoms with van der Waals surface area (Å²) < 4.78 is 0. The minimum Gasteiger partial charge on any atom is -0.386 e. The molecule has 4 rings (SSSR count). The topological polar surface area (TPSA) is 20.2 Å². The number of rotatable bonds is 2.